The standard InChI is InChI=1S/C22H16ClFN6O/c1-12-20-17(13-2-6-15(23)7-3-13)10-19(31)27-21(20)30(29-12)22-26-18(11-25-28-22)14-4-8-16(24)9-5-14/h2-9,11,17H,10H2,1H3,(H,27,31). The number of carbonyl (C=O) groups excluding carboxylic acids is 1. The fourth-order valence-electron chi connectivity index (χ4n) is 3.82. The number of hydrogen-bond donors (Lipinski definition) is 1. The molecule has 0 fully saturated rings. The molecule has 0 saturated carbocycles. The van der Waals surface area contributed by atoms with Gasteiger partial charge in [-0.25, -0.2) is 9.37 Å². The summed E-state index contributed by atoms with van der Waals surface area (Å²) in [6.07, 6.45) is 1.80. The molecule has 1 atom stereocenters. The third-order valence-electron chi connectivity index (χ3n) is 5.25. The molecule has 154 valence electrons. The van der Waals surface area contributed by atoms with Gasteiger partial charge < -0.3 is 5.32 Å². The molecule has 31 heavy (non-hydrogen) atoms. The summed E-state index contributed by atoms with van der Waals surface area (Å²) < 4.78 is 14.8. The van der Waals surface area contributed by atoms with Gasteiger partial charge in [0.2, 0.25) is 5.91 Å². The fourth-order valence-corrected chi connectivity index (χ4v) is 3.94. The minimum atomic E-state index is -0.335. The smallest absolute Gasteiger partial charge is 0.272 e. The molecule has 0 spiro atoms. The van der Waals surface area contributed by atoms with Gasteiger partial charge in [-0.1, -0.05) is 23.7 Å². The number of halogens is 2. The molecule has 1 N–H and O–H groups in total. The molecule has 1 unspecified atom stereocenters. The summed E-state index contributed by atoms with van der Waals surface area (Å²) in [5, 5.41) is 16.3. The van der Waals surface area contributed by atoms with Gasteiger partial charge in [-0.15, -0.1) is 5.10 Å². The van der Waals surface area contributed by atoms with Crippen LogP contribution < -0.4 is 5.32 Å². The first-order chi connectivity index (χ1) is 15.0. The van der Waals surface area contributed by atoms with Gasteiger partial charge in [0.15, 0.2) is 0 Å². The SMILES string of the molecule is Cc1nn(-c2nncc(-c3ccc(F)cc3)n2)c2c1C(c1ccc(Cl)cc1)CC(=O)N2. The summed E-state index contributed by atoms with van der Waals surface area (Å²) in [6.45, 7) is 1.88. The minimum Gasteiger partial charge on any atom is -0.310 e. The van der Waals surface area contributed by atoms with Crippen LogP contribution in [0, 0.1) is 12.7 Å². The van der Waals surface area contributed by atoms with E-state index in [-0.39, 0.29) is 23.6 Å². The Hall–Kier alpha value is -3.65. The molecule has 1 amide bonds. The van der Waals surface area contributed by atoms with Crippen LogP contribution in [0.2, 0.25) is 5.02 Å². The number of carbonyl (C=O) groups is 1. The molecule has 0 saturated heterocycles. The lowest BCUT2D eigenvalue weighted by Gasteiger charge is -2.24. The number of fused-ring (bicyclic) bond motifs is 1. The third-order valence-corrected chi connectivity index (χ3v) is 5.50. The maximum atomic E-state index is 13.3. The van der Waals surface area contributed by atoms with Gasteiger partial charge in [-0.05, 0) is 48.9 Å². The highest BCUT2D eigenvalue weighted by Gasteiger charge is 2.33. The number of aromatic nitrogens is 5. The van der Waals surface area contributed by atoms with Crippen LogP contribution >= 0.6 is 11.6 Å². The summed E-state index contributed by atoms with van der Waals surface area (Å²) in [6, 6.07) is 13.4. The zero-order valence-corrected chi connectivity index (χ0v) is 17.1. The molecule has 1 aliphatic heterocycles. The first-order valence-electron chi connectivity index (χ1n) is 9.60. The monoisotopic (exact) mass is 434 g/mol. The summed E-state index contributed by atoms with van der Waals surface area (Å²) in [7, 11) is 0. The highest BCUT2D eigenvalue weighted by Crippen LogP contribution is 2.40. The number of hydrogen-bond acceptors (Lipinski definition) is 5. The van der Waals surface area contributed by atoms with E-state index in [1.165, 1.54) is 23.0 Å². The average Bonchev–Trinajstić information content (AvgIpc) is 3.10. The third kappa shape index (κ3) is 3.55. The van der Waals surface area contributed by atoms with Crippen molar-refractivity contribution in [1.82, 2.24) is 25.0 Å². The molecular weight excluding hydrogens is 419 g/mol. The van der Waals surface area contributed by atoms with Crippen LogP contribution in [0.1, 0.15) is 29.2 Å². The predicted octanol–water partition coefficient (Wildman–Crippen LogP) is 4.30. The van der Waals surface area contributed by atoms with Crippen molar-refractivity contribution in [3.8, 4) is 17.2 Å². The average molecular weight is 435 g/mol. The minimum absolute atomic E-state index is 0.128. The molecule has 0 bridgehead atoms. The van der Waals surface area contributed by atoms with Crippen molar-refractivity contribution in [2.75, 3.05) is 5.32 Å². The van der Waals surface area contributed by atoms with Crippen LogP contribution in [0.4, 0.5) is 10.2 Å². The van der Waals surface area contributed by atoms with Gasteiger partial charge >= 0.3 is 0 Å². The van der Waals surface area contributed by atoms with Crippen LogP contribution in [0.15, 0.2) is 54.7 Å². The Labute approximate surface area is 181 Å². The number of rotatable bonds is 3. The Morgan fingerprint density at radius 1 is 1.13 bits per heavy atom. The van der Waals surface area contributed by atoms with Crippen LogP contribution in [-0.2, 0) is 4.79 Å². The van der Waals surface area contributed by atoms with Gasteiger partial charge in [0.25, 0.3) is 5.95 Å². The molecule has 9 heteroatoms. The lowest BCUT2D eigenvalue weighted by molar-refractivity contribution is -0.116. The molecule has 2 aromatic heterocycles. The van der Waals surface area contributed by atoms with E-state index < -0.39 is 0 Å². The van der Waals surface area contributed by atoms with Gasteiger partial charge in [0, 0.05) is 28.5 Å². The van der Waals surface area contributed by atoms with E-state index >= 15 is 0 Å². The largest absolute Gasteiger partial charge is 0.310 e. The van der Waals surface area contributed by atoms with Crippen molar-refractivity contribution >= 4 is 23.3 Å². The van der Waals surface area contributed by atoms with Crippen molar-refractivity contribution in [3.63, 3.8) is 0 Å². The Balaban J connectivity index is 1.60. The fraction of sp³-hybridized carbons (Fsp3) is 0.136. The molecule has 3 heterocycles. The lowest BCUT2D eigenvalue weighted by atomic mass is 9.86. The highest BCUT2D eigenvalue weighted by molar-refractivity contribution is 6.30. The molecule has 2 aromatic carbocycles. The molecule has 1 aliphatic rings. The number of nitrogens with zero attached hydrogens (tertiary/aromatic N) is 5. The van der Waals surface area contributed by atoms with Crippen molar-refractivity contribution in [2.24, 2.45) is 0 Å². The molecule has 0 aliphatic carbocycles. The molecular formula is C22H16ClFN6O. The van der Waals surface area contributed by atoms with Crippen LogP contribution in [0.5, 0.6) is 0 Å². The Kier molecular flexibility index (Phi) is 4.71. The van der Waals surface area contributed by atoms with E-state index in [4.69, 9.17) is 11.6 Å². The first kappa shape index (κ1) is 19.3. The topological polar surface area (TPSA) is 85.6 Å². The molecule has 4 aromatic rings. The highest BCUT2D eigenvalue weighted by atomic mass is 35.5. The maximum absolute atomic E-state index is 13.3. The second-order valence-electron chi connectivity index (χ2n) is 7.26. The van der Waals surface area contributed by atoms with Gasteiger partial charge in [-0.2, -0.15) is 14.9 Å². The quantitative estimate of drug-likeness (QED) is 0.519. The number of amides is 1. The van der Waals surface area contributed by atoms with Gasteiger partial charge in [0.1, 0.15) is 11.6 Å². The summed E-state index contributed by atoms with van der Waals surface area (Å²) >= 11 is 6.03. The van der Waals surface area contributed by atoms with Crippen LogP contribution in [-0.4, -0.2) is 30.9 Å². The summed E-state index contributed by atoms with van der Waals surface area (Å²) in [4.78, 5) is 17.1. The second kappa shape index (κ2) is 7.55. The van der Waals surface area contributed by atoms with E-state index in [2.05, 4.69) is 25.6 Å². The van der Waals surface area contributed by atoms with Crippen LogP contribution in [0.25, 0.3) is 17.2 Å². The second-order valence-corrected chi connectivity index (χ2v) is 7.70. The van der Waals surface area contributed by atoms with Crippen molar-refractivity contribution in [3.05, 3.63) is 82.4 Å². The molecule has 7 nitrogen and oxygen atoms in total. The van der Waals surface area contributed by atoms with E-state index in [0.29, 0.717) is 28.5 Å². The number of benzene rings is 2. The van der Waals surface area contributed by atoms with Gasteiger partial charge in [0.05, 0.1) is 17.6 Å². The number of anilines is 1. The van der Waals surface area contributed by atoms with Crippen molar-refractivity contribution in [1.29, 1.82) is 0 Å². The normalized spacial score (nSPS) is 15.5. The molecule has 0 radical (unpaired) electrons. The predicted molar refractivity (Wildman–Crippen MR) is 114 cm³/mol. The van der Waals surface area contributed by atoms with E-state index in [0.717, 1.165) is 16.8 Å². The van der Waals surface area contributed by atoms with Gasteiger partial charge in [-0.3, -0.25) is 4.79 Å². The summed E-state index contributed by atoms with van der Waals surface area (Å²) in [5.74, 6) is 0.105. The number of nitrogens with one attached hydrogen (secondary N) is 1. The Bertz CT molecular complexity index is 1290. The van der Waals surface area contributed by atoms with E-state index in [9.17, 15) is 9.18 Å². The van der Waals surface area contributed by atoms with Crippen molar-refractivity contribution in [2.45, 2.75) is 19.3 Å². The van der Waals surface area contributed by atoms with Crippen LogP contribution in [0.3, 0.4) is 0 Å². The Morgan fingerprint density at radius 3 is 2.61 bits per heavy atom. The zero-order chi connectivity index (χ0) is 21.5. The zero-order valence-electron chi connectivity index (χ0n) is 16.4. The maximum Gasteiger partial charge on any atom is 0.272 e. The van der Waals surface area contributed by atoms with Crippen molar-refractivity contribution < 1.29 is 9.18 Å². The molecule has 5 rings (SSSR count). The first-order valence-corrected chi connectivity index (χ1v) is 9.98. The van der Waals surface area contributed by atoms with E-state index in [1.54, 1.807) is 12.1 Å². The van der Waals surface area contributed by atoms with E-state index in [1.807, 2.05) is 31.2 Å². The summed E-state index contributed by atoms with van der Waals surface area (Å²) in [5.41, 5.74) is 3.84. The number of aryl methyl sites for hydroxylation is 1. The lowest BCUT2D eigenvalue weighted by Crippen LogP contribution is -2.25. The Morgan fingerprint density at radius 2 is 1.87 bits per heavy atom.